The van der Waals surface area contributed by atoms with Crippen LogP contribution in [0, 0.1) is 6.92 Å². The quantitative estimate of drug-likeness (QED) is 0.904. The molecule has 90 valence electrons. The highest BCUT2D eigenvalue weighted by Crippen LogP contribution is 2.21. The fourth-order valence-corrected chi connectivity index (χ4v) is 2.31. The number of hydrogen-bond acceptors (Lipinski definition) is 2. The Hall–Kier alpha value is -1.22. The highest BCUT2D eigenvalue weighted by Gasteiger charge is 2.07. The van der Waals surface area contributed by atoms with Gasteiger partial charge in [0.25, 0.3) is 0 Å². The summed E-state index contributed by atoms with van der Waals surface area (Å²) in [5.41, 5.74) is 2.41. The van der Waals surface area contributed by atoms with Crippen LogP contribution in [0.3, 0.4) is 0 Å². The molecule has 1 atom stereocenters. The Kier molecular flexibility index (Phi) is 3.89. The molecule has 0 amide bonds. The van der Waals surface area contributed by atoms with E-state index in [0.717, 1.165) is 16.7 Å². The van der Waals surface area contributed by atoms with Gasteiger partial charge in [-0.3, -0.25) is 0 Å². The Morgan fingerprint density at radius 2 is 2.18 bits per heavy atom. The van der Waals surface area contributed by atoms with Gasteiger partial charge in [0.15, 0.2) is 0 Å². The van der Waals surface area contributed by atoms with Crippen LogP contribution < -0.4 is 5.32 Å². The molecule has 0 aliphatic rings. The largest absolute Gasteiger partial charge is 0.469 e. The number of halogens is 1. The van der Waals surface area contributed by atoms with Crippen LogP contribution in [0.2, 0.25) is 0 Å². The minimum atomic E-state index is 0.348. The molecule has 0 saturated carbocycles. The Morgan fingerprint density at radius 1 is 1.35 bits per heavy atom. The van der Waals surface area contributed by atoms with Crippen molar-refractivity contribution >= 4 is 21.6 Å². The number of hydrogen-bond donors (Lipinski definition) is 1. The predicted molar refractivity (Wildman–Crippen MR) is 74.4 cm³/mol. The van der Waals surface area contributed by atoms with Crippen molar-refractivity contribution < 1.29 is 4.42 Å². The van der Waals surface area contributed by atoms with Crippen molar-refractivity contribution in [1.29, 1.82) is 0 Å². The molecular formula is C14H16BrNO. The fraction of sp³-hybridized carbons (Fsp3) is 0.286. The molecule has 0 radical (unpaired) electrons. The molecule has 1 N–H and O–H groups in total. The van der Waals surface area contributed by atoms with Gasteiger partial charge in [-0.1, -0.05) is 15.9 Å². The van der Waals surface area contributed by atoms with E-state index in [1.54, 1.807) is 6.26 Å². The van der Waals surface area contributed by atoms with Crippen LogP contribution >= 0.6 is 15.9 Å². The molecule has 1 unspecified atom stereocenters. The molecule has 17 heavy (non-hydrogen) atoms. The third kappa shape index (κ3) is 3.37. The van der Waals surface area contributed by atoms with E-state index >= 15 is 0 Å². The van der Waals surface area contributed by atoms with E-state index in [1.165, 1.54) is 11.3 Å². The van der Waals surface area contributed by atoms with Gasteiger partial charge in [0.2, 0.25) is 0 Å². The summed E-state index contributed by atoms with van der Waals surface area (Å²) in [6, 6.07) is 10.5. The summed E-state index contributed by atoms with van der Waals surface area (Å²) in [6.45, 7) is 4.26. The van der Waals surface area contributed by atoms with Crippen LogP contribution in [0.5, 0.6) is 0 Å². The minimum Gasteiger partial charge on any atom is -0.469 e. The summed E-state index contributed by atoms with van der Waals surface area (Å²) in [5.74, 6) is 1.01. The van der Waals surface area contributed by atoms with E-state index < -0.39 is 0 Å². The Bertz CT molecular complexity index is 479. The van der Waals surface area contributed by atoms with Gasteiger partial charge in [-0.2, -0.15) is 0 Å². The number of aryl methyl sites for hydroxylation is 1. The first-order valence-corrected chi connectivity index (χ1v) is 6.49. The van der Waals surface area contributed by atoms with Crippen molar-refractivity contribution in [3.8, 4) is 0 Å². The zero-order valence-electron chi connectivity index (χ0n) is 10.0. The Balaban J connectivity index is 2.00. The van der Waals surface area contributed by atoms with Crippen LogP contribution in [0.1, 0.15) is 18.2 Å². The van der Waals surface area contributed by atoms with E-state index in [-0.39, 0.29) is 0 Å². The topological polar surface area (TPSA) is 25.2 Å². The standard InChI is InChI=1S/C14H16BrNO/c1-10-8-12(15)5-6-14(10)16-11(2)9-13-4-3-7-17-13/h3-8,11,16H,9H2,1-2H3. The number of rotatable bonds is 4. The monoisotopic (exact) mass is 293 g/mol. The average Bonchev–Trinajstić information content (AvgIpc) is 2.75. The predicted octanol–water partition coefficient (Wildman–Crippen LogP) is 4.39. The summed E-state index contributed by atoms with van der Waals surface area (Å²) in [6.07, 6.45) is 2.61. The Morgan fingerprint density at radius 3 is 2.82 bits per heavy atom. The zero-order chi connectivity index (χ0) is 12.3. The maximum atomic E-state index is 5.34. The molecular weight excluding hydrogens is 278 g/mol. The molecule has 0 spiro atoms. The number of nitrogens with one attached hydrogen (secondary N) is 1. The SMILES string of the molecule is Cc1cc(Br)ccc1NC(C)Cc1ccco1. The van der Waals surface area contributed by atoms with Gasteiger partial charge in [0.05, 0.1) is 6.26 Å². The maximum absolute atomic E-state index is 5.34. The van der Waals surface area contributed by atoms with Gasteiger partial charge in [0, 0.05) is 22.6 Å². The lowest BCUT2D eigenvalue weighted by molar-refractivity contribution is 0.498. The van der Waals surface area contributed by atoms with Crippen molar-refractivity contribution in [3.05, 3.63) is 52.4 Å². The third-order valence-corrected chi connectivity index (χ3v) is 3.17. The second-order valence-electron chi connectivity index (χ2n) is 4.29. The van der Waals surface area contributed by atoms with Crippen LogP contribution in [-0.2, 0) is 6.42 Å². The molecule has 2 rings (SSSR count). The van der Waals surface area contributed by atoms with Gasteiger partial charge in [-0.05, 0) is 49.7 Å². The van der Waals surface area contributed by atoms with E-state index in [1.807, 2.05) is 12.1 Å². The zero-order valence-corrected chi connectivity index (χ0v) is 11.6. The first-order chi connectivity index (χ1) is 8.15. The van der Waals surface area contributed by atoms with E-state index in [9.17, 15) is 0 Å². The van der Waals surface area contributed by atoms with Crippen molar-refractivity contribution in [3.63, 3.8) is 0 Å². The summed E-state index contributed by atoms with van der Waals surface area (Å²) in [5, 5.41) is 3.49. The lowest BCUT2D eigenvalue weighted by atomic mass is 10.1. The first-order valence-electron chi connectivity index (χ1n) is 5.70. The van der Waals surface area contributed by atoms with Crippen LogP contribution in [0.15, 0.2) is 45.5 Å². The smallest absolute Gasteiger partial charge is 0.105 e. The van der Waals surface area contributed by atoms with Gasteiger partial charge < -0.3 is 9.73 Å². The second kappa shape index (κ2) is 5.41. The highest BCUT2D eigenvalue weighted by atomic mass is 79.9. The summed E-state index contributed by atoms with van der Waals surface area (Å²) >= 11 is 3.47. The van der Waals surface area contributed by atoms with E-state index in [2.05, 4.69) is 53.3 Å². The third-order valence-electron chi connectivity index (χ3n) is 2.68. The van der Waals surface area contributed by atoms with Crippen LogP contribution in [0.25, 0.3) is 0 Å². The minimum absolute atomic E-state index is 0.348. The van der Waals surface area contributed by atoms with E-state index in [0.29, 0.717) is 6.04 Å². The second-order valence-corrected chi connectivity index (χ2v) is 5.20. The molecule has 2 nitrogen and oxygen atoms in total. The molecule has 0 aliphatic carbocycles. The molecule has 0 bridgehead atoms. The van der Waals surface area contributed by atoms with Crippen molar-refractivity contribution in [2.75, 3.05) is 5.32 Å². The average molecular weight is 294 g/mol. The molecule has 0 aliphatic heterocycles. The lowest BCUT2D eigenvalue weighted by Gasteiger charge is -2.16. The van der Waals surface area contributed by atoms with Crippen molar-refractivity contribution in [2.45, 2.75) is 26.3 Å². The molecule has 0 fully saturated rings. The number of furan rings is 1. The molecule has 1 aromatic heterocycles. The molecule has 0 saturated heterocycles. The first kappa shape index (κ1) is 12.2. The number of benzene rings is 1. The maximum Gasteiger partial charge on any atom is 0.105 e. The Labute approximate surface area is 110 Å². The summed E-state index contributed by atoms with van der Waals surface area (Å²) in [4.78, 5) is 0. The van der Waals surface area contributed by atoms with Gasteiger partial charge in [-0.15, -0.1) is 0 Å². The highest BCUT2D eigenvalue weighted by molar-refractivity contribution is 9.10. The summed E-state index contributed by atoms with van der Waals surface area (Å²) < 4.78 is 6.45. The summed E-state index contributed by atoms with van der Waals surface area (Å²) in [7, 11) is 0. The number of anilines is 1. The van der Waals surface area contributed by atoms with Crippen molar-refractivity contribution in [2.24, 2.45) is 0 Å². The van der Waals surface area contributed by atoms with E-state index in [4.69, 9.17) is 4.42 Å². The van der Waals surface area contributed by atoms with Gasteiger partial charge >= 0.3 is 0 Å². The van der Waals surface area contributed by atoms with Crippen LogP contribution in [-0.4, -0.2) is 6.04 Å². The lowest BCUT2D eigenvalue weighted by Crippen LogP contribution is -2.18. The fourth-order valence-electron chi connectivity index (χ4n) is 1.84. The molecule has 1 aromatic carbocycles. The van der Waals surface area contributed by atoms with Gasteiger partial charge in [-0.25, -0.2) is 0 Å². The van der Waals surface area contributed by atoms with Gasteiger partial charge in [0.1, 0.15) is 5.76 Å². The molecule has 1 heterocycles. The normalized spacial score (nSPS) is 12.4. The van der Waals surface area contributed by atoms with Crippen molar-refractivity contribution in [1.82, 2.24) is 0 Å². The molecule has 2 aromatic rings. The van der Waals surface area contributed by atoms with Crippen LogP contribution in [0.4, 0.5) is 5.69 Å². The molecule has 3 heteroatoms.